The highest BCUT2D eigenvalue weighted by Crippen LogP contribution is 2.04. The fourth-order valence-corrected chi connectivity index (χ4v) is 1.88. The zero-order valence-corrected chi connectivity index (χ0v) is 10.4. The van der Waals surface area contributed by atoms with E-state index in [9.17, 15) is 4.79 Å². The molecule has 2 rings (SSSR count). The van der Waals surface area contributed by atoms with E-state index in [1.54, 1.807) is 23.6 Å². The Balaban J connectivity index is 1.84. The summed E-state index contributed by atoms with van der Waals surface area (Å²) in [5, 5.41) is 5.82. The summed E-state index contributed by atoms with van der Waals surface area (Å²) in [6, 6.07) is 13.5. The van der Waals surface area contributed by atoms with E-state index >= 15 is 0 Å². The number of carbonyl (C=O) groups excluding carboxylic acids is 1. The van der Waals surface area contributed by atoms with Gasteiger partial charge in [0.2, 0.25) is 0 Å². The molecule has 90 valence electrons. The summed E-state index contributed by atoms with van der Waals surface area (Å²) in [6.45, 7) is 0. The van der Waals surface area contributed by atoms with Crippen LogP contribution in [0.5, 0.6) is 0 Å². The predicted molar refractivity (Wildman–Crippen MR) is 75.5 cm³/mol. The smallest absolute Gasteiger partial charge is 0.264 e. The Morgan fingerprint density at radius 1 is 1.17 bits per heavy atom. The second kappa shape index (κ2) is 6.51. The minimum atomic E-state index is -0.244. The third-order valence-corrected chi connectivity index (χ3v) is 2.94. The average molecular weight is 256 g/mol. The first-order valence-electron chi connectivity index (χ1n) is 5.44. The van der Waals surface area contributed by atoms with E-state index in [1.807, 2.05) is 47.8 Å². The van der Waals surface area contributed by atoms with E-state index in [0.29, 0.717) is 0 Å². The first kappa shape index (κ1) is 12.3. The van der Waals surface area contributed by atoms with Crippen LogP contribution in [0.25, 0.3) is 6.08 Å². The van der Waals surface area contributed by atoms with Crippen LogP contribution in [0.3, 0.4) is 0 Å². The third-order valence-electron chi connectivity index (χ3n) is 2.14. The number of carbonyl (C=O) groups is 1. The lowest BCUT2D eigenvalue weighted by molar-refractivity contribution is -0.116. The minimum Gasteiger partial charge on any atom is -0.268 e. The van der Waals surface area contributed by atoms with Crippen LogP contribution >= 0.6 is 11.3 Å². The maximum atomic E-state index is 11.4. The van der Waals surface area contributed by atoms with Crippen molar-refractivity contribution >= 4 is 29.5 Å². The topological polar surface area (TPSA) is 41.5 Å². The molecule has 0 aliphatic carbocycles. The molecule has 1 amide bonds. The molecule has 0 spiro atoms. The van der Waals surface area contributed by atoms with Gasteiger partial charge in [-0.25, -0.2) is 5.43 Å². The Bertz CT molecular complexity index is 544. The Morgan fingerprint density at radius 2 is 2.00 bits per heavy atom. The molecule has 2 aromatic rings. The number of rotatable bonds is 4. The molecule has 18 heavy (non-hydrogen) atoms. The highest BCUT2D eigenvalue weighted by Gasteiger charge is 1.92. The van der Waals surface area contributed by atoms with Crippen molar-refractivity contribution in [2.24, 2.45) is 5.10 Å². The summed E-state index contributed by atoms with van der Waals surface area (Å²) >= 11 is 1.57. The van der Waals surface area contributed by atoms with Gasteiger partial charge in [-0.1, -0.05) is 36.4 Å². The molecule has 0 saturated heterocycles. The summed E-state index contributed by atoms with van der Waals surface area (Å²) in [6.07, 6.45) is 4.83. The molecule has 3 nitrogen and oxygen atoms in total. The number of nitrogens with zero attached hydrogens (tertiary/aromatic N) is 1. The van der Waals surface area contributed by atoms with Crippen LogP contribution in [0.1, 0.15) is 10.4 Å². The van der Waals surface area contributed by atoms with Gasteiger partial charge in [0.1, 0.15) is 0 Å². The molecule has 0 fully saturated rings. The second-order valence-electron chi connectivity index (χ2n) is 3.49. The minimum absolute atomic E-state index is 0.244. The quantitative estimate of drug-likeness (QED) is 0.510. The number of hydrogen-bond acceptors (Lipinski definition) is 3. The fraction of sp³-hybridized carbons (Fsp3) is 0. The number of thiophene rings is 1. The van der Waals surface area contributed by atoms with Crippen molar-refractivity contribution in [1.82, 2.24) is 5.43 Å². The van der Waals surface area contributed by atoms with Crippen molar-refractivity contribution in [3.8, 4) is 0 Å². The van der Waals surface area contributed by atoms with Gasteiger partial charge in [0.05, 0.1) is 6.21 Å². The molecule has 0 bridgehead atoms. The molecule has 0 saturated carbocycles. The number of hydrogen-bond donors (Lipinski definition) is 1. The Hall–Kier alpha value is -2.20. The molecule has 0 aliphatic rings. The Kier molecular flexibility index (Phi) is 4.44. The van der Waals surface area contributed by atoms with E-state index in [-0.39, 0.29) is 5.91 Å². The molecular formula is C14H12N2OS. The van der Waals surface area contributed by atoms with Gasteiger partial charge in [-0.05, 0) is 23.1 Å². The fourth-order valence-electron chi connectivity index (χ4n) is 1.30. The zero-order valence-electron chi connectivity index (χ0n) is 9.61. The van der Waals surface area contributed by atoms with Gasteiger partial charge in [0.15, 0.2) is 0 Å². The van der Waals surface area contributed by atoms with E-state index in [2.05, 4.69) is 10.5 Å². The highest BCUT2D eigenvalue weighted by atomic mass is 32.1. The van der Waals surface area contributed by atoms with E-state index < -0.39 is 0 Å². The number of nitrogens with one attached hydrogen (secondary N) is 1. The third kappa shape index (κ3) is 3.99. The van der Waals surface area contributed by atoms with Crippen molar-refractivity contribution in [1.29, 1.82) is 0 Å². The van der Waals surface area contributed by atoms with Crippen LogP contribution in [0.15, 0.2) is 59.0 Å². The maximum Gasteiger partial charge on any atom is 0.264 e. The average Bonchev–Trinajstić information content (AvgIpc) is 2.91. The van der Waals surface area contributed by atoms with E-state index in [1.165, 1.54) is 6.08 Å². The second-order valence-corrected chi connectivity index (χ2v) is 4.47. The van der Waals surface area contributed by atoms with E-state index in [4.69, 9.17) is 0 Å². The zero-order chi connectivity index (χ0) is 12.6. The lowest BCUT2D eigenvalue weighted by atomic mass is 10.2. The SMILES string of the molecule is O=C(C=Cc1ccccc1)NN=Cc1cccs1. The first-order chi connectivity index (χ1) is 8.84. The van der Waals surface area contributed by atoms with Crippen molar-refractivity contribution in [2.45, 2.75) is 0 Å². The van der Waals surface area contributed by atoms with Crippen molar-refractivity contribution in [3.05, 3.63) is 64.4 Å². The standard InChI is InChI=1S/C14H12N2OS/c17-14(9-8-12-5-2-1-3-6-12)16-15-11-13-7-4-10-18-13/h1-11H,(H,16,17). The molecule has 0 radical (unpaired) electrons. The van der Waals surface area contributed by atoms with Crippen LogP contribution in [0.4, 0.5) is 0 Å². The largest absolute Gasteiger partial charge is 0.268 e. The van der Waals surface area contributed by atoms with Crippen LogP contribution in [0, 0.1) is 0 Å². The molecular weight excluding hydrogens is 244 g/mol. The lowest BCUT2D eigenvalue weighted by Crippen LogP contribution is -2.13. The van der Waals surface area contributed by atoms with Crippen molar-refractivity contribution in [2.75, 3.05) is 0 Å². The lowest BCUT2D eigenvalue weighted by Gasteiger charge is -1.93. The molecule has 4 heteroatoms. The van der Waals surface area contributed by atoms with Gasteiger partial charge in [-0.15, -0.1) is 11.3 Å². The van der Waals surface area contributed by atoms with Gasteiger partial charge in [-0.2, -0.15) is 5.10 Å². The highest BCUT2D eigenvalue weighted by molar-refractivity contribution is 7.11. The Morgan fingerprint density at radius 3 is 2.72 bits per heavy atom. The van der Waals surface area contributed by atoms with Crippen LogP contribution in [-0.2, 0) is 4.79 Å². The van der Waals surface area contributed by atoms with Crippen LogP contribution < -0.4 is 5.43 Å². The Labute approximate surface area is 109 Å². The van der Waals surface area contributed by atoms with Gasteiger partial charge in [-0.3, -0.25) is 4.79 Å². The molecule has 1 N–H and O–H groups in total. The molecule has 0 unspecified atom stereocenters. The molecule has 0 aliphatic heterocycles. The summed E-state index contributed by atoms with van der Waals surface area (Å²) in [7, 11) is 0. The first-order valence-corrected chi connectivity index (χ1v) is 6.32. The monoisotopic (exact) mass is 256 g/mol. The van der Waals surface area contributed by atoms with Crippen LogP contribution in [0.2, 0.25) is 0 Å². The number of benzene rings is 1. The summed E-state index contributed by atoms with van der Waals surface area (Å²) in [5.41, 5.74) is 3.42. The van der Waals surface area contributed by atoms with Gasteiger partial charge in [0, 0.05) is 11.0 Å². The summed E-state index contributed by atoms with van der Waals surface area (Å²) < 4.78 is 0. The van der Waals surface area contributed by atoms with Crippen LogP contribution in [-0.4, -0.2) is 12.1 Å². The van der Waals surface area contributed by atoms with Gasteiger partial charge >= 0.3 is 0 Å². The number of hydrazone groups is 1. The van der Waals surface area contributed by atoms with E-state index in [0.717, 1.165) is 10.4 Å². The normalized spacial score (nSPS) is 11.1. The van der Waals surface area contributed by atoms with Gasteiger partial charge in [0.25, 0.3) is 5.91 Å². The summed E-state index contributed by atoms with van der Waals surface area (Å²) in [5.74, 6) is -0.244. The molecule has 1 aromatic heterocycles. The van der Waals surface area contributed by atoms with Gasteiger partial charge < -0.3 is 0 Å². The molecule has 0 atom stereocenters. The van der Waals surface area contributed by atoms with Crippen molar-refractivity contribution < 1.29 is 4.79 Å². The molecule has 1 heterocycles. The number of amides is 1. The summed E-state index contributed by atoms with van der Waals surface area (Å²) in [4.78, 5) is 12.4. The maximum absolute atomic E-state index is 11.4. The molecule has 1 aromatic carbocycles. The predicted octanol–water partition coefficient (Wildman–Crippen LogP) is 2.91. The van der Waals surface area contributed by atoms with Crippen molar-refractivity contribution in [3.63, 3.8) is 0 Å².